The van der Waals surface area contributed by atoms with Gasteiger partial charge in [-0.25, -0.2) is 0 Å². The van der Waals surface area contributed by atoms with Crippen LogP contribution < -0.4 is 15.8 Å². The first-order valence-corrected chi connectivity index (χ1v) is 13.6. The smallest absolute Gasteiger partial charge is 0.253 e. The summed E-state index contributed by atoms with van der Waals surface area (Å²) in [6.45, 7) is 14.5. The number of aromatic amines is 1. The second kappa shape index (κ2) is 11.1. The number of benzene rings is 2. The highest BCUT2D eigenvalue weighted by molar-refractivity contribution is 6.00. The quantitative estimate of drug-likeness (QED) is 0.496. The average Bonchev–Trinajstić information content (AvgIpc) is 3.34. The molecular weight excluding hydrogens is 476 g/mol. The number of anilines is 1. The van der Waals surface area contributed by atoms with Crippen molar-refractivity contribution in [2.75, 3.05) is 44.3 Å². The van der Waals surface area contributed by atoms with E-state index in [9.17, 15) is 9.59 Å². The van der Waals surface area contributed by atoms with Crippen LogP contribution in [0.25, 0.3) is 11.1 Å². The van der Waals surface area contributed by atoms with Crippen LogP contribution in [0.5, 0.6) is 0 Å². The lowest BCUT2D eigenvalue weighted by atomic mass is 9.91. The van der Waals surface area contributed by atoms with Gasteiger partial charge >= 0.3 is 0 Å². The third-order valence-corrected chi connectivity index (χ3v) is 7.93. The highest BCUT2D eigenvalue weighted by Gasteiger charge is 2.27. The van der Waals surface area contributed by atoms with Crippen LogP contribution in [0.15, 0.2) is 41.2 Å². The van der Waals surface area contributed by atoms with Crippen LogP contribution >= 0.6 is 0 Å². The van der Waals surface area contributed by atoms with E-state index in [0.717, 1.165) is 80.3 Å². The average molecular weight is 515 g/mol. The molecule has 1 aromatic heterocycles. The number of amides is 1. The van der Waals surface area contributed by atoms with Crippen molar-refractivity contribution in [3.63, 3.8) is 0 Å². The molecule has 0 atom stereocenters. The van der Waals surface area contributed by atoms with E-state index < -0.39 is 0 Å². The van der Waals surface area contributed by atoms with Gasteiger partial charge in [0.15, 0.2) is 0 Å². The second-order valence-electron chi connectivity index (χ2n) is 10.5. The van der Waals surface area contributed by atoms with E-state index in [-0.39, 0.29) is 18.0 Å². The molecule has 38 heavy (non-hydrogen) atoms. The lowest BCUT2D eigenvalue weighted by Gasteiger charge is -2.26. The van der Waals surface area contributed by atoms with Crippen molar-refractivity contribution in [2.24, 2.45) is 0 Å². The molecule has 2 aliphatic heterocycles. The number of ether oxygens (including phenoxy) is 1. The molecule has 1 saturated heterocycles. The van der Waals surface area contributed by atoms with Crippen LogP contribution in [0.3, 0.4) is 0 Å². The van der Waals surface area contributed by atoms with Gasteiger partial charge in [-0.3, -0.25) is 14.5 Å². The summed E-state index contributed by atoms with van der Waals surface area (Å²) in [5.74, 6) is -0.155. The Morgan fingerprint density at radius 3 is 2.47 bits per heavy atom. The van der Waals surface area contributed by atoms with Crippen molar-refractivity contribution in [1.29, 1.82) is 0 Å². The van der Waals surface area contributed by atoms with Crippen LogP contribution in [0.4, 0.5) is 5.69 Å². The summed E-state index contributed by atoms with van der Waals surface area (Å²) in [5, 5.41) is 3.02. The predicted octanol–water partition coefficient (Wildman–Crippen LogP) is 4.11. The van der Waals surface area contributed by atoms with E-state index in [1.807, 2.05) is 32.9 Å². The Hall–Kier alpha value is -3.42. The van der Waals surface area contributed by atoms with E-state index >= 15 is 0 Å². The second-order valence-corrected chi connectivity index (χ2v) is 10.5. The van der Waals surface area contributed by atoms with Crippen molar-refractivity contribution in [3.05, 3.63) is 85.8 Å². The lowest BCUT2D eigenvalue weighted by Crippen LogP contribution is -2.35. The van der Waals surface area contributed by atoms with Gasteiger partial charge in [-0.05, 0) is 79.6 Å². The van der Waals surface area contributed by atoms with Crippen LogP contribution in [0.2, 0.25) is 0 Å². The van der Waals surface area contributed by atoms with Gasteiger partial charge in [0.05, 0.1) is 13.2 Å². The molecule has 7 nitrogen and oxygen atoms in total. The van der Waals surface area contributed by atoms with Gasteiger partial charge < -0.3 is 19.9 Å². The number of fused-ring (bicyclic) bond motifs is 1. The zero-order valence-electron chi connectivity index (χ0n) is 22.9. The molecule has 5 rings (SSSR count). The minimum atomic E-state index is -0.155. The van der Waals surface area contributed by atoms with Crippen molar-refractivity contribution in [2.45, 2.75) is 47.2 Å². The molecule has 7 heteroatoms. The van der Waals surface area contributed by atoms with Crippen LogP contribution in [-0.2, 0) is 24.2 Å². The molecule has 1 fully saturated rings. The third-order valence-electron chi connectivity index (χ3n) is 7.93. The molecule has 2 aromatic carbocycles. The molecule has 3 aromatic rings. The molecule has 200 valence electrons. The normalized spacial score (nSPS) is 15.5. The van der Waals surface area contributed by atoms with Gasteiger partial charge in [-0.1, -0.05) is 24.3 Å². The number of likely N-dealkylation sites (N-methyl/N-ethyl adjacent to an activating group) is 1. The first kappa shape index (κ1) is 26.2. The summed E-state index contributed by atoms with van der Waals surface area (Å²) >= 11 is 0. The highest BCUT2D eigenvalue weighted by Crippen LogP contribution is 2.40. The van der Waals surface area contributed by atoms with Crippen molar-refractivity contribution < 1.29 is 9.53 Å². The fourth-order valence-electron chi connectivity index (χ4n) is 5.84. The molecule has 0 saturated carbocycles. The summed E-state index contributed by atoms with van der Waals surface area (Å²) in [7, 11) is 0. The standard InChI is InChI=1S/C31H38N4O3/c1-5-35-11-10-25-27(24-8-6-23(7-9-24)19-34-12-14-38-15-13-34)17-26(22(4)29(25)35)30(36)32-18-28-20(2)16-21(3)33-31(28)37/h6-9,16-17H,5,10-15,18-19H2,1-4H3,(H,32,36)(H,33,37). The largest absolute Gasteiger partial charge is 0.379 e. The molecule has 3 heterocycles. The number of morpholine rings is 1. The van der Waals surface area contributed by atoms with E-state index in [1.54, 1.807) is 0 Å². The zero-order valence-corrected chi connectivity index (χ0v) is 22.9. The number of carbonyl (C=O) groups is 1. The van der Waals surface area contributed by atoms with Gasteiger partial charge in [0, 0.05) is 61.8 Å². The van der Waals surface area contributed by atoms with E-state index in [1.165, 1.54) is 16.8 Å². The number of hydrogen-bond acceptors (Lipinski definition) is 5. The SMILES string of the molecule is CCN1CCc2c(-c3ccc(CN4CCOCC4)cc3)cc(C(=O)NCc3c(C)cc(C)[nH]c3=O)c(C)c21. The maximum Gasteiger partial charge on any atom is 0.253 e. The van der Waals surface area contributed by atoms with Crippen LogP contribution in [-0.4, -0.2) is 55.2 Å². The molecule has 2 aliphatic rings. The summed E-state index contributed by atoms with van der Waals surface area (Å²) in [6.07, 6.45) is 0.967. The monoisotopic (exact) mass is 514 g/mol. The Morgan fingerprint density at radius 2 is 1.79 bits per heavy atom. The van der Waals surface area contributed by atoms with Crippen molar-refractivity contribution in [3.8, 4) is 11.1 Å². The number of aromatic nitrogens is 1. The summed E-state index contributed by atoms with van der Waals surface area (Å²) in [5.41, 5.74) is 9.83. The topological polar surface area (TPSA) is 77.7 Å². The summed E-state index contributed by atoms with van der Waals surface area (Å²) < 4.78 is 5.48. The number of nitrogens with zero attached hydrogens (tertiary/aromatic N) is 2. The number of aryl methyl sites for hydroxylation is 2. The number of hydrogen-bond donors (Lipinski definition) is 2. The fraction of sp³-hybridized carbons (Fsp3) is 0.419. The molecule has 1 amide bonds. The maximum atomic E-state index is 13.5. The number of nitrogens with one attached hydrogen (secondary N) is 2. The Labute approximate surface area is 224 Å². The third kappa shape index (κ3) is 5.26. The number of rotatable bonds is 7. The molecular formula is C31H38N4O3. The van der Waals surface area contributed by atoms with E-state index in [2.05, 4.69) is 51.3 Å². The maximum absolute atomic E-state index is 13.5. The van der Waals surface area contributed by atoms with Crippen LogP contribution in [0.1, 0.15) is 50.8 Å². The lowest BCUT2D eigenvalue weighted by molar-refractivity contribution is 0.0342. The van der Waals surface area contributed by atoms with Crippen molar-refractivity contribution >= 4 is 11.6 Å². The van der Waals surface area contributed by atoms with Gasteiger partial charge in [0.2, 0.25) is 0 Å². The number of H-pyrrole nitrogens is 1. The van der Waals surface area contributed by atoms with Gasteiger partial charge in [0.1, 0.15) is 0 Å². The predicted molar refractivity (Wildman–Crippen MR) is 152 cm³/mol. The molecule has 0 unspecified atom stereocenters. The molecule has 0 radical (unpaired) electrons. The first-order chi connectivity index (χ1) is 18.4. The van der Waals surface area contributed by atoms with Crippen LogP contribution in [0, 0.1) is 20.8 Å². The molecule has 0 bridgehead atoms. The fourth-order valence-corrected chi connectivity index (χ4v) is 5.84. The summed E-state index contributed by atoms with van der Waals surface area (Å²) in [4.78, 5) is 33.6. The van der Waals surface area contributed by atoms with E-state index in [4.69, 9.17) is 4.74 Å². The molecule has 2 N–H and O–H groups in total. The van der Waals surface area contributed by atoms with Gasteiger partial charge in [0.25, 0.3) is 11.5 Å². The number of carbonyl (C=O) groups excluding carboxylic acids is 1. The zero-order chi connectivity index (χ0) is 26.8. The Bertz CT molecular complexity index is 1390. The minimum absolute atomic E-state index is 0.150. The molecule has 0 aliphatic carbocycles. The van der Waals surface area contributed by atoms with Gasteiger partial charge in [-0.15, -0.1) is 0 Å². The number of pyridine rings is 1. The Morgan fingerprint density at radius 1 is 1.05 bits per heavy atom. The highest BCUT2D eigenvalue weighted by atomic mass is 16.5. The molecule has 0 spiro atoms. The summed E-state index contributed by atoms with van der Waals surface area (Å²) in [6, 6.07) is 12.8. The minimum Gasteiger partial charge on any atom is -0.379 e. The Balaban J connectivity index is 1.45. The first-order valence-electron chi connectivity index (χ1n) is 13.6. The van der Waals surface area contributed by atoms with Crippen molar-refractivity contribution in [1.82, 2.24) is 15.2 Å². The van der Waals surface area contributed by atoms with Gasteiger partial charge in [-0.2, -0.15) is 0 Å². The van der Waals surface area contributed by atoms with E-state index in [0.29, 0.717) is 11.1 Å². The Kier molecular flexibility index (Phi) is 7.68.